The fraction of sp³-hybridized carbons (Fsp3) is 0.385. The van der Waals surface area contributed by atoms with Gasteiger partial charge in [-0.2, -0.15) is 0 Å². The monoisotopic (exact) mass is 249 g/mol. The van der Waals surface area contributed by atoms with Crippen molar-refractivity contribution < 1.29 is 9.59 Å². The van der Waals surface area contributed by atoms with Crippen LogP contribution in [0.4, 0.5) is 0 Å². The Morgan fingerprint density at radius 1 is 1.22 bits per heavy atom. The molecular weight excluding hydrogens is 230 g/mol. The number of nitrogens with two attached hydrogens (primary N) is 1. The first-order valence-corrected chi connectivity index (χ1v) is 5.70. The molecule has 0 aliphatic carbocycles. The second-order valence-corrected chi connectivity index (χ2v) is 4.35. The summed E-state index contributed by atoms with van der Waals surface area (Å²) in [7, 11) is 4.93. The Kier molecular flexibility index (Phi) is 4.85. The van der Waals surface area contributed by atoms with Crippen LogP contribution in [-0.2, 0) is 11.3 Å². The maximum atomic E-state index is 12.1. The van der Waals surface area contributed by atoms with Crippen LogP contribution >= 0.6 is 0 Å². The first-order chi connectivity index (χ1) is 8.45. The van der Waals surface area contributed by atoms with Gasteiger partial charge in [-0.05, 0) is 17.7 Å². The molecule has 0 aromatic heterocycles. The van der Waals surface area contributed by atoms with E-state index in [0.717, 1.165) is 5.56 Å². The van der Waals surface area contributed by atoms with Crippen molar-refractivity contribution in [2.45, 2.75) is 6.54 Å². The summed E-state index contributed by atoms with van der Waals surface area (Å²) in [4.78, 5) is 26.5. The van der Waals surface area contributed by atoms with Gasteiger partial charge < -0.3 is 15.5 Å². The number of hydrogen-bond donors (Lipinski definition) is 1. The number of hydrogen-bond acceptors (Lipinski definition) is 3. The molecule has 0 saturated carbocycles. The number of benzene rings is 1. The molecule has 2 amide bonds. The third-order valence-corrected chi connectivity index (χ3v) is 2.63. The smallest absolute Gasteiger partial charge is 0.254 e. The van der Waals surface area contributed by atoms with Crippen LogP contribution in [0, 0.1) is 0 Å². The van der Waals surface area contributed by atoms with Gasteiger partial charge in [-0.3, -0.25) is 9.59 Å². The molecule has 1 rings (SSSR count). The molecule has 1 aromatic carbocycles. The number of rotatable bonds is 4. The third kappa shape index (κ3) is 3.56. The Balaban J connectivity index is 2.77. The molecule has 1 aromatic rings. The largest absolute Gasteiger partial charge is 0.347 e. The van der Waals surface area contributed by atoms with E-state index in [-0.39, 0.29) is 18.4 Å². The first kappa shape index (κ1) is 14.2. The molecule has 0 radical (unpaired) electrons. The summed E-state index contributed by atoms with van der Waals surface area (Å²) >= 11 is 0. The normalized spacial score (nSPS) is 10.0. The van der Waals surface area contributed by atoms with Crippen molar-refractivity contribution in [1.29, 1.82) is 0 Å². The number of likely N-dealkylation sites (N-methyl/N-ethyl adjacent to an activating group) is 2. The maximum Gasteiger partial charge on any atom is 0.254 e. The van der Waals surface area contributed by atoms with Gasteiger partial charge >= 0.3 is 0 Å². The summed E-state index contributed by atoms with van der Waals surface area (Å²) in [5, 5.41) is 0. The van der Waals surface area contributed by atoms with Crippen LogP contribution < -0.4 is 5.73 Å². The number of carbonyl (C=O) groups excluding carboxylic acids is 2. The minimum absolute atomic E-state index is 0.0681. The molecule has 0 saturated heterocycles. The quantitative estimate of drug-likeness (QED) is 0.835. The highest BCUT2D eigenvalue weighted by molar-refractivity contribution is 5.96. The molecule has 0 aliphatic heterocycles. The minimum atomic E-state index is -0.180. The molecule has 0 bridgehead atoms. The average molecular weight is 249 g/mol. The van der Waals surface area contributed by atoms with Crippen LogP contribution in [0.2, 0.25) is 0 Å². The van der Waals surface area contributed by atoms with Crippen LogP contribution in [-0.4, -0.2) is 49.3 Å². The molecule has 2 N–H and O–H groups in total. The Labute approximate surface area is 107 Å². The maximum absolute atomic E-state index is 12.1. The molecule has 5 heteroatoms. The fourth-order valence-corrected chi connectivity index (χ4v) is 1.47. The van der Waals surface area contributed by atoms with E-state index in [1.165, 1.54) is 9.80 Å². The van der Waals surface area contributed by atoms with Crippen molar-refractivity contribution in [3.05, 3.63) is 35.4 Å². The van der Waals surface area contributed by atoms with Crippen LogP contribution in [0.3, 0.4) is 0 Å². The first-order valence-electron chi connectivity index (χ1n) is 5.70. The van der Waals surface area contributed by atoms with Crippen LogP contribution in [0.5, 0.6) is 0 Å². The zero-order chi connectivity index (χ0) is 13.7. The lowest BCUT2D eigenvalue weighted by Crippen LogP contribution is -2.37. The van der Waals surface area contributed by atoms with E-state index < -0.39 is 0 Å². The standard InChI is InChI=1S/C13H19N3O2/c1-15(2)12(17)9-16(3)13(18)11-6-4-5-10(7-11)8-14/h4-7H,8-9,14H2,1-3H3. The van der Waals surface area contributed by atoms with Crippen LogP contribution in [0.15, 0.2) is 24.3 Å². The molecule has 0 spiro atoms. The lowest BCUT2D eigenvalue weighted by atomic mass is 10.1. The zero-order valence-electron chi connectivity index (χ0n) is 11.0. The van der Waals surface area contributed by atoms with Gasteiger partial charge in [0.25, 0.3) is 5.91 Å². The molecule has 0 unspecified atom stereocenters. The van der Waals surface area contributed by atoms with Gasteiger partial charge in [-0.1, -0.05) is 12.1 Å². The molecule has 0 aliphatic rings. The van der Waals surface area contributed by atoms with E-state index in [9.17, 15) is 9.59 Å². The predicted molar refractivity (Wildman–Crippen MR) is 70.0 cm³/mol. The number of nitrogens with zero attached hydrogens (tertiary/aromatic N) is 2. The molecule has 5 nitrogen and oxygen atoms in total. The van der Waals surface area contributed by atoms with Gasteiger partial charge in [-0.25, -0.2) is 0 Å². The molecule has 98 valence electrons. The second-order valence-electron chi connectivity index (χ2n) is 4.35. The van der Waals surface area contributed by atoms with Crippen molar-refractivity contribution in [3.63, 3.8) is 0 Å². The lowest BCUT2D eigenvalue weighted by molar-refractivity contribution is -0.129. The zero-order valence-corrected chi connectivity index (χ0v) is 11.0. The highest BCUT2D eigenvalue weighted by atomic mass is 16.2. The molecular formula is C13H19N3O2. The summed E-state index contributed by atoms with van der Waals surface area (Å²) in [6.45, 7) is 0.458. The van der Waals surface area contributed by atoms with Crippen LogP contribution in [0.25, 0.3) is 0 Å². The third-order valence-electron chi connectivity index (χ3n) is 2.63. The molecule has 0 fully saturated rings. The predicted octanol–water partition coefficient (Wildman–Crippen LogP) is 0.306. The Hall–Kier alpha value is -1.88. The van der Waals surface area contributed by atoms with E-state index in [4.69, 9.17) is 5.73 Å². The minimum Gasteiger partial charge on any atom is -0.347 e. The van der Waals surface area contributed by atoms with Crippen LogP contribution in [0.1, 0.15) is 15.9 Å². The molecule has 0 heterocycles. The number of carbonyl (C=O) groups is 2. The van der Waals surface area contributed by atoms with Gasteiger partial charge in [0.2, 0.25) is 5.91 Å². The van der Waals surface area contributed by atoms with E-state index in [1.54, 1.807) is 39.3 Å². The van der Waals surface area contributed by atoms with Crippen molar-refractivity contribution in [2.75, 3.05) is 27.7 Å². The van der Waals surface area contributed by atoms with E-state index in [2.05, 4.69) is 0 Å². The summed E-state index contributed by atoms with van der Waals surface area (Å²) in [5.74, 6) is -0.290. The number of amides is 2. The summed E-state index contributed by atoms with van der Waals surface area (Å²) in [6.07, 6.45) is 0. The highest BCUT2D eigenvalue weighted by Gasteiger charge is 2.15. The SMILES string of the molecule is CN(C)C(=O)CN(C)C(=O)c1cccc(CN)c1. The average Bonchev–Trinajstić information content (AvgIpc) is 2.37. The van der Waals surface area contributed by atoms with Crippen molar-refractivity contribution in [3.8, 4) is 0 Å². The Morgan fingerprint density at radius 3 is 2.44 bits per heavy atom. The van der Waals surface area contributed by atoms with Gasteiger partial charge in [0.1, 0.15) is 0 Å². The van der Waals surface area contributed by atoms with E-state index >= 15 is 0 Å². The van der Waals surface area contributed by atoms with Crippen molar-refractivity contribution in [1.82, 2.24) is 9.80 Å². The summed E-state index contributed by atoms with van der Waals surface area (Å²) in [6, 6.07) is 7.12. The van der Waals surface area contributed by atoms with E-state index in [0.29, 0.717) is 12.1 Å². The van der Waals surface area contributed by atoms with Gasteiger partial charge in [0.05, 0.1) is 6.54 Å². The second kappa shape index (κ2) is 6.16. The lowest BCUT2D eigenvalue weighted by Gasteiger charge is -2.19. The molecule has 0 atom stereocenters. The Morgan fingerprint density at radius 2 is 1.89 bits per heavy atom. The van der Waals surface area contributed by atoms with Crippen molar-refractivity contribution >= 4 is 11.8 Å². The van der Waals surface area contributed by atoms with Crippen molar-refractivity contribution in [2.24, 2.45) is 5.73 Å². The van der Waals surface area contributed by atoms with Gasteiger partial charge in [-0.15, -0.1) is 0 Å². The van der Waals surface area contributed by atoms with E-state index in [1.807, 2.05) is 6.07 Å². The summed E-state index contributed by atoms with van der Waals surface area (Å²) < 4.78 is 0. The van der Waals surface area contributed by atoms with Gasteiger partial charge in [0.15, 0.2) is 0 Å². The highest BCUT2D eigenvalue weighted by Crippen LogP contribution is 2.07. The van der Waals surface area contributed by atoms with Gasteiger partial charge in [0, 0.05) is 33.3 Å². The molecule has 18 heavy (non-hydrogen) atoms. The summed E-state index contributed by atoms with van der Waals surface area (Å²) in [5.41, 5.74) is 6.97. The Bertz CT molecular complexity index is 444. The fourth-order valence-electron chi connectivity index (χ4n) is 1.47. The topological polar surface area (TPSA) is 66.6 Å².